The molecule has 0 aromatic heterocycles. The van der Waals surface area contributed by atoms with E-state index in [0.29, 0.717) is 5.56 Å². The van der Waals surface area contributed by atoms with Crippen LogP contribution < -0.4 is 0 Å². The second-order valence-corrected chi connectivity index (χ2v) is 4.88. The lowest BCUT2D eigenvalue weighted by atomic mass is 10.2. The summed E-state index contributed by atoms with van der Waals surface area (Å²) in [4.78, 5) is 0. The highest BCUT2D eigenvalue weighted by Crippen LogP contribution is 2.17. The zero-order valence-corrected chi connectivity index (χ0v) is 8.39. The third-order valence-corrected chi connectivity index (χ3v) is 2.87. The van der Waals surface area contributed by atoms with Crippen molar-refractivity contribution in [1.29, 1.82) is 0 Å². The first-order valence-electron chi connectivity index (χ1n) is 3.99. The van der Waals surface area contributed by atoms with Crippen molar-refractivity contribution in [3.63, 3.8) is 0 Å². The van der Waals surface area contributed by atoms with E-state index in [1.54, 1.807) is 18.2 Å². The van der Waals surface area contributed by atoms with E-state index < -0.39 is 21.7 Å². The Morgan fingerprint density at radius 2 is 1.80 bits per heavy atom. The summed E-state index contributed by atoms with van der Waals surface area (Å²) in [5.74, 6) is -1.71. The van der Waals surface area contributed by atoms with Gasteiger partial charge in [-0.15, -0.1) is 0 Å². The molecule has 0 heterocycles. The lowest BCUT2D eigenvalue weighted by molar-refractivity contribution is -0.106. The van der Waals surface area contributed by atoms with Crippen molar-refractivity contribution in [2.24, 2.45) is 0 Å². The number of alkyl halides is 3. The van der Waals surface area contributed by atoms with Gasteiger partial charge in [0, 0.05) is 5.37 Å². The van der Waals surface area contributed by atoms with Crippen LogP contribution in [0.25, 0.3) is 0 Å². The van der Waals surface area contributed by atoms with Crippen LogP contribution in [0.1, 0.15) is 5.56 Å². The number of benzene rings is 1. The van der Waals surface area contributed by atoms with E-state index in [1.165, 1.54) is 12.1 Å². The Morgan fingerprint density at radius 1 is 1.27 bits per heavy atom. The van der Waals surface area contributed by atoms with E-state index in [9.17, 15) is 17.4 Å². The highest BCUT2D eigenvalue weighted by molar-refractivity contribution is 7.96. The molecular formula is C9H9F3O2S. The largest absolute Gasteiger partial charge is 0.401 e. The molecule has 1 rings (SSSR count). The summed E-state index contributed by atoms with van der Waals surface area (Å²) in [6.45, 7) is 0. The SMILES string of the molecule is O=S(O)(=Cc1ccccc1)CC(F)(F)F. The van der Waals surface area contributed by atoms with Gasteiger partial charge < -0.3 is 4.55 Å². The van der Waals surface area contributed by atoms with Crippen molar-refractivity contribution in [3.8, 4) is 0 Å². The summed E-state index contributed by atoms with van der Waals surface area (Å²) in [5.41, 5.74) is 0.300. The zero-order chi connectivity index (χ0) is 11.5. The average molecular weight is 238 g/mol. The van der Waals surface area contributed by atoms with Crippen LogP contribution >= 0.6 is 0 Å². The fourth-order valence-electron chi connectivity index (χ4n) is 1.02. The van der Waals surface area contributed by atoms with Gasteiger partial charge in [0.2, 0.25) is 0 Å². The molecule has 84 valence electrons. The molecule has 0 aliphatic heterocycles. The minimum atomic E-state index is -4.64. The van der Waals surface area contributed by atoms with E-state index in [1.807, 2.05) is 0 Å². The molecule has 1 N–H and O–H groups in total. The molecule has 0 saturated heterocycles. The number of rotatable bonds is 2. The molecule has 0 saturated carbocycles. The summed E-state index contributed by atoms with van der Waals surface area (Å²) in [5, 5.41) is 0.737. The molecule has 0 aliphatic rings. The van der Waals surface area contributed by atoms with E-state index >= 15 is 0 Å². The zero-order valence-electron chi connectivity index (χ0n) is 7.57. The van der Waals surface area contributed by atoms with Gasteiger partial charge in [0.25, 0.3) is 0 Å². The second-order valence-electron chi connectivity index (χ2n) is 2.98. The first kappa shape index (κ1) is 12.1. The lowest BCUT2D eigenvalue weighted by Gasteiger charge is -2.07. The molecule has 0 aliphatic carbocycles. The molecule has 0 radical (unpaired) electrons. The van der Waals surface area contributed by atoms with E-state index in [-0.39, 0.29) is 0 Å². The quantitative estimate of drug-likeness (QED) is 0.802. The van der Waals surface area contributed by atoms with E-state index in [4.69, 9.17) is 4.55 Å². The molecule has 0 amide bonds. The van der Waals surface area contributed by atoms with Gasteiger partial charge in [-0.3, -0.25) is 0 Å². The van der Waals surface area contributed by atoms with Crippen molar-refractivity contribution in [2.75, 3.05) is 5.75 Å². The molecule has 1 aromatic rings. The summed E-state index contributed by atoms with van der Waals surface area (Å²) >= 11 is 0. The van der Waals surface area contributed by atoms with Crippen LogP contribution in [0, 0.1) is 0 Å². The van der Waals surface area contributed by atoms with Gasteiger partial charge in [0.1, 0.15) is 5.75 Å². The van der Waals surface area contributed by atoms with Crippen LogP contribution in [0.4, 0.5) is 13.2 Å². The lowest BCUT2D eigenvalue weighted by Crippen LogP contribution is -2.23. The molecule has 2 nitrogen and oxygen atoms in total. The van der Waals surface area contributed by atoms with Crippen LogP contribution in [0.5, 0.6) is 0 Å². The van der Waals surface area contributed by atoms with Crippen LogP contribution in [-0.2, 0) is 9.80 Å². The van der Waals surface area contributed by atoms with Crippen LogP contribution in [-0.4, -0.2) is 26.1 Å². The molecule has 15 heavy (non-hydrogen) atoms. The third kappa shape index (κ3) is 4.85. The summed E-state index contributed by atoms with van der Waals surface area (Å²) < 4.78 is 55.9. The first-order chi connectivity index (χ1) is 6.79. The van der Waals surface area contributed by atoms with Crippen molar-refractivity contribution >= 4 is 15.2 Å². The second kappa shape index (κ2) is 4.24. The topological polar surface area (TPSA) is 37.3 Å². The summed E-state index contributed by atoms with van der Waals surface area (Å²) in [6.07, 6.45) is -4.64. The molecule has 1 aromatic carbocycles. The van der Waals surface area contributed by atoms with Gasteiger partial charge in [0.15, 0.2) is 0 Å². The van der Waals surface area contributed by atoms with Crippen LogP contribution in [0.2, 0.25) is 0 Å². The fraction of sp³-hybridized carbons (Fsp3) is 0.222. The fourth-order valence-corrected chi connectivity index (χ4v) is 2.16. The normalized spacial score (nSPS) is 15.7. The molecule has 0 bridgehead atoms. The van der Waals surface area contributed by atoms with Gasteiger partial charge in [-0.05, 0) is 5.56 Å². The Bertz CT molecular complexity index is 430. The third-order valence-electron chi connectivity index (χ3n) is 1.49. The Morgan fingerprint density at radius 3 is 2.27 bits per heavy atom. The Hall–Kier alpha value is -1.01. The molecule has 1 atom stereocenters. The van der Waals surface area contributed by atoms with Gasteiger partial charge in [-0.25, -0.2) is 4.21 Å². The molecule has 1 unspecified atom stereocenters. The number of halogens is 3. The molecule has 6 heteroatoms. The predicted molar refractivity (Wildman–Crippen MR) is 53.3 cm³/mol. The van der Waals surface area contributed by atoms with Crippen molar-refractivity contribution in [2.45, 2.75) is 6.18 Å². The maximum absolute atomic E-state index is 11.9. The first-order valence-corrected chi connectivity index (χ1v) is 5.74. The predicted octanol–water partition coefficient (Wildman–Crippen LogP) is 2.16. The highest BCUT2D eigenvalue weighted by Gasteiger charge is 2.31. The number of hydrogen-bond donors (Lipinski definition) is 1. The molecule has 0 spiro atoms. The Balaban J connectivity index is 2.97. The van der Waals surface area contributed by atoms with Gasteiger partial charge in [-0.2, -0.15) is 13.2 Å². The maximum Gasteiger partial charge on any atom is 0.401 e. The Labute approximate surface area is 85.6 Å². The Kier molecular flexibility index (Phi) is 3.41. The minimum Gasteiger partial charge on any atom is -0.313 e. The molecule has 0 fully saturated rings. The maximum atomic E-state index is 11.9. The monoisotopic (exact) mass is 238 g/mol. The van der Waals surface area contributed by atoms with E-state index in [2.05, 4.69) is 0 Å². The summed E-state index contributed by atoms with van der Waals surface area (Å²) in [6, 6.07) is 7.75. The van der Waals surface area contributed by atoms with E-state index in [0.717, 1.165) is 5.37 Å². The van der Waals surface area contributed by atoms with Crippen molar-refractivity contribution in [3.05, 3.63) is 35.9 Å². The van der Waals surface area contributed by atoms with Crippen LogP contribution in [0.3, 0.4) is 0 Å². The summed E-state index contributed by atoms with van der Waals surface area (Å²) in [7, 11) is -3.99. The highest BCUT2D eigenvalue weighted by atomic mass is 32.2. The van der Waals surface area contributed by atoms with Gasteiger partial charge in [0.05, 0.1) is 9.80 Å². The minimum absolute atomic E-state index is 0.300. The van der Waals surface area contributed by atoms with Gasteiger partial charge >= 0.3 is 6.18 Å². The number of hydrogen-bond acceptors (Lipinski definition) is 1. The van der Waals surface area contributed by atoms with Crippen molar-refractivity contribution in [1.82, 2.24) is 0 Å². The standard InChI is InChI=1S/C9H9F3O2S/c10-9(11,12)7-15(13,14)6-8-4-2-1-3-5-8/h1-6H,7H2,(H,13,14). The molecular weight excluding hydrogens is 229 g/mol. The smallest absolute Gasteiger partial charge is 0.313 e. The van der Waals surface area contributed by atoms with Gasteiger partial charge in [-0.1, -0.05) is 30.3 Å². The van der Waals surface area contributed by atoms with Crippen molar-refractivity contribution < 1.29 is 21.9 Å². The van der Waals surface area contributed by atoms with Crippen LogP contribution in [0.15, 0.2) is 30.3 Å². The average Bonchev–Trinajstić information content (AvgIpc) is 1.99.